The molecule has 3 N–H and O–H groups in total. The summed E-state index contributed by atoms with van der Waals surface area (Å²) in [5.41, 5.74) is 0.671. The number of benzene rings is 2. The maximum atomic E-state index is 10.5. The maximum absolute atomic E-state index is 10.5. The first-order chi connectivity index (χ1) is 8.47. The lowest BCUT2D eigenvalue weighted by atomic mass is 9.89. The van der Waals surface area contributed by atoms with Crippen LogP contribution >= 0.6 is 0 Å². The van der Waals surface area contributed by atoms with Crippen LogP contribution in [0.5, 0.6) is 11.5 Å². The Bertz CT molecular complexity index is 512. The summed E-state index contributed by atoms with van der Waals surface area (Å²) in [7, 11) is 0. The second-order valence-electron chi connectivity index (χ2n) is 4.66. The highest BCUT2D eigenvalue weighted by atomic mass is 16.3. The Kier molecular flexibility index (Phi) is 3.26. The van der Waals surface area contributed by atoms with E-state index in [2.05, 4.69) is 0 Å². The van der Waals surface area contributed by atoms with Crippen LogP contribution in [0.1, 0.15) is 18.1 Å². The van der Waals surface area contributed by atoms with Crippen LogP contribution in [0.15, 0.2) is 48.5 Å². The summed E-state index contributed by atoms with van der Waals surface area (Å²) in [6.07, 6.45) is 0.443. The van der Waals surface area contributed by atoms with Gasteiger partial charge < -0.3 is 15.3 Å². The van der Waals surface area contributed by atoms with Crippen LogP contribution in [0.25, 0.3) is 0 Å². The van der Waals surface area contributed by atoms with Crippen LogP contribution in [-0.2, 0) is 12.0 Å². The Hall–Kier alpha value is -2.00. The fourth-order valence-corrected chi connectivity index (χ4v) is 1.93. The van der Waals surface area contributed by atoms with Crippen LogP contribution in [0.2, 0.25) is 0 Å². The van der Waals surface area contributed by atoms with E-state index in [1.807, 2.05) is 0 Å². The Morgan fingerprint density at radius 1 is 0.833 bits per heavy atom. The van der Waals surface area contributed by atoms with Crippen LogP contribution in [0.4, 0.5) is 0 Å². The van der Waals surface area contributed by atoms with E-state index in [1.165, 1.54) is 0 Å². The van der Waals surface area contributed by atoms with Crippen LogP contribution in [0.3, 0.4) is 0 Å². The maximum Gasteiger partial charge on any atom is 0.115 e. The Balaban J connectivity index is 2.20. The molecule has 3 heteroatoms. The summed E-state index contributed by atoms with van der Waals surface area (Å²) in [6, 6.07) is 13.3. The van der Waals surface area contributed by atoms with Crippen molar-refractivity contribution >= 4 is 0 Å². The number of hydrogen-bond donors (Lipinski definition) is 3. The lowest BCUT2D eigenvalue weighted by Crippen LogP contribution is -2.24. The number of aromatic hydroxyl groups is 2. The molecule has 0 bridgehead atoms. The molecule has 2 aromatic carbocycles. The molecule has 0 saturated heterocycles. The van der Waals surface area contributed by atoms with Crippen molar-refractivity contribution < 1.29 is 15.3 Å². The zero-order chi connectivity index (χ0) is 13.2. The molecule has 2 aromatic rings. The molecule has 0 aliphatic carbocycles. The van der Waals surface area contributed by atoms with Gasteiger partial charge in [-0.3, -0.25) is 0 Å². The predicted molar refractivity (Wildman–Crippen MR) is 69.5 cm³/mol. The molecule has 94 valence electrons. The van der Waals surface area contributed by atoms with E-state index in [1.54, 1.807) is 55.5 Å². The standard InChI is InChI=1S/C15H16O3/c1-15(18,12-4-8-14(17)9-5-12)10-11-2-6-13(16)7-3-11/h2-9,16-18H,10H2,1H3. The molecular formula is C15H16O3. The number of rotatable bonds is 3. The van der Waals surface area contributed by atoms with Gasteiger partial charge in [0.25, 0.3) is 0 Å². The minimum atomic E-state index is -1.01. The molecule has 0 aliphatic rings. The van der Waals surface area contributed by atoms with Crippen molar-refractivity contribution in [1.82, 2.24) is 0 Å². The summed E-state index contributed by atoms with van der Waals surface area (Å²) < 4.78 is 0. The van der Waals surface area contributed by atoms with Crippen molar-refractivity contribution in [3.8, 4) is 11.5 Å². The molecule has 1 unspecified atom stereocenters. The average Bonchev–Trinajstić information content (AvgIpc) is 2.32. The Morgan fingerprint density at radius 3 is 1.78 bits per heavy atom. The molecule has 0 amide bonds. The molecule has 0 aromatic heterocycles. The average molecular weight is 244 g/mol. The predicted octanol–water partition coefficient (Wildman–Crippen LogP) is 2.55. The topological polar surface area (TPSA) is 60.7 Å². The minimum absolute atomic E-state index is 0.180. The monoisotopic (exact) mass is 244 g/mol. The lowest BCUT2D eigenvalue weighted by Gasteiger charge is -2.24. The van der Waals surface area contributed by atoms with Gasteiger partial charge >= 0.3 is 0 Å². The molecule has 1 atom stereocenters. The first kappa shape index (κ1) is 12.5. The molecule has 0 heterocycles. The van der Waals surface area contributed by atoms with Gasteiger partial charge in [-0.2, -0.15) is 0 Å². The zero-order valence-electron chi connectivity index (χ0n) is 10.2. The summed E-state index contributed by atoms with van der Waals surface area (Å²) in [5, 5.41) is 28.9. The molecule has 0 spiro atoms. The molecule has 0 fully saturated rings. The Morgan fingerprint density at radius 2 is 1.28 bits per heavy atom. The van der Waals surface area contributed by atoms with Crippen molar-refractivity contribution in [3.63, 3.8) is 0 Å². The minimum Gasteiger partial charge on any atom is -0.508 e. The lowest BCUT2D eigenvalue weighted by molar-refractivity contribution is 0.0576. The van der Waals surface area contributed by atoms with Gasteiger partial charge in [0.15, 0.2) is 0 Å². The molecule has 2 rings (SSSR count). The van der Waals surface area contributed by atoms with Gasteiger partial charge in [0.2, 0.25) is 0 Å². The van der Waals surface area contributed by atoms with Gasteiger partial charge in [-0.15, -0.1) is 0 Å². The van der Waals surface area contributed by atoms with Crippen molar-refractivity contribution in [2.45, 2.75) is 18.9 Å². The highest BCUT2D eigenvalue weighted by Crippen LogP contribution is 2.27. The number of phenols is 2. The molecular weight excluding hydrogens is 228 g/mol. The summed E-state index contributed by atoms with van der Waals surface area (Å²) in [4.78, 5) is 0. The van der Waals surface area contributed by atoms with Crippen LogP contribution < -0.4 is 0 Å². The quantitative estimate of drug-likeness (QED) is 0.777. The molecule has 0 radical (unpaired) electrons. The third-order valence-electron chi connectivity index (χ3n) is 2.97. The van der Waals surface area contributed by atoms with E-state index in [-0.39, 0.29) is 11.5 Å². The number of phenolic OH excluding ortho intramolecular Hbond substituents is 2. The van der Waals surface area contributed by atoms with E-state index in [4.69, 9.17) is 0 Å². The van der Waals surface area contributed by atoms with E-state index in [0.29, 0.717) is 6.42 Å². The van der Waals surface area contributed by atoms with E-state index < -0.39 is 5.60 Å². The van der Waals surface area contributed by atoms with Crippen LogP contribution in [-0.4, -0.2) is 15.3 Å². The fourth-order valence-electron chi connectivity index (χ4n) is 1.93. The van der Waals surface area contributed by atoms with Crippen molar-refractivity contribution in [2.75, 3.05) is 0 Å². The normalized spacial score (nSPS) is 14.1. The molecule has 18 heavy (non-hydrogen) atoms. The van der Waals surface area contributed by atoms with Gasteiger partial charge in [0.05, 0.1) is 5.60 Å². The highest BCUT2D eigenvalue weighted by Gasteiger charge is 2.23. The second-order valence-corrected chi connectivity index (χ2v) is 4.66. The van der Waals surface area contributed by atoms with Crippen LogP contribution in [0, 0.1) is 0 Å². The zero-order valence-corrected chi connectivity index (χ0v) is 10.2. The van der Waals surface area contributed by atoms with E-state index >= 15 is 0 Å². The van der Waals surface area contributed by atoms with Gasteiger partial charge in [-0.25, -0.2) is 0 Å². The smallest absolute Gasteiger partial charge is 0.115 e. The van der Waals surface area contributed by atoms with E-state index in [9.17, 15) is 15.3 Å². The third kappa shape index (κ3) is 2.81. The van der Waals surface area contributed by atoms with Gasteiger partial charge in [-0.05, 0) is 42.3 Å². The van der Waals surface area contributed by atoms with E-state index in [0.717, 1.165) is 11.1 Å². The summed E-state index contributed by atoms with van der Waals surface area (Å²) >= 11 is 0. The molecule has 3 nitrogen and oxygen atoms in total. The largest absolute Gasteiger partial charge is 0.508 e. The fraction of sp³-hybridized carbons (Fsp3) is 0.200. The first-order valence-electron chi connectivity index (χ1n) is 5.77. The van der Waals surface area contributed by atoms with Gasteiger partial charge in [0.1, 0.15) is 11.5 Å². The SMILES string of the molecule is CC(O)(Cc1ccc(O)cc1)c1ccc(O)cc1. The third-order valence-corrected chi connectivity index (χ3v) is 2.97. The van der Waals surface area contributed by atoms with Gasteiger partial charge in [0, 0.05) is 6.42 Å². The highest BCUT2D eigenvalue weighted by molar-refractivity contribution is 5.32. The van der Waals surface area contributed by atoms with Crippen molar-refractivity contribution in [3.05, 3.63) is 59.7 Å². The summed E-state index contributed by atoms with van der Waals surface area (Å²) in [6.45, 7) is 1.73. The first-order valence-corrected chi connectivity index (χ1v) is 5.77. The summed E-state index contributed by atoms with van der Waals surface area (Å²) in [5.74, 6) is 0.391. The second kappa shape index (κ2) is 4.70. The molecule has 0 aliphatic heterocycles. The number of aliphatic hydroxyl groups is 1. The van der Waals surface area contributed by atoms with Crippen molar-refractivity contribution in [1.29, 1.82) is 0 Å². The van der Waals surface area contributed by atoms with Crippen molar-refractivity contribution in [2.24, 2.45) is 0 Å². The number of hydrogen-bond acceptors (Lipinski definition) is 3. The van der Waals surface area contributed by atoms with Gasteiger partial charge in [-0.1, -0.05) is 24.3 Å². The molecule has 0 saturated carbocycles. The Labute approximate surface area is 106 Å².